The van der Waals surface area contributed by atoms with Crippen LogP contribution < -0.4 is 5.32 Å². The monoisotopic (exact) mass is 297 g/mol. The predicted molar refractivity (Wildman–Crippen MR) is 80.8 cm³/mol. The maximum Gasteiger partial charge on any atom is 0.180 e. The van der Waals surface area contributed by atoms with Crippen molar-refractivity contribution in [3.63, 3.8) is 0 Å². The molecule has 0 spiro atoms. The van der Waals surface area contributed by atoms with Crippen molar-refractivity contribution in [1.82, 2.24) is 0 Å². The number of hydrogen-bond donors (Lipinski definition) is 1. The third kappa shape index (κ3) is 3.52. The van der Waals surface area contributed by atoms with Crippen LogP contribution >= 0.6 is 0 Å². The molecule has 4 nitrogen and oxygen atoms in total. The molecule has 0 aliphatic carbocycles. The second-order valence-electron chi connectivity index (χ2n) is 5.37. The van der Waals surface area contributed by atoms with E-state index >= 15 is 0 Å². The van der Waals surface area contributed by atoms with Gasteiger partial charge in [-0.2, -0.15) is 0 Å². The lowest BCUT2D eigenvalue weighted by molar-refractivity contribution is 0.183. The molecule has 0 bridgehead atoms. The third-order valence-corrected chi connectivity index (χ3v) is 5.72. The summed E-state index contributed by atoms with van der Waals surface area (Å²) in [4.78, 5) is 0.410. The minimum atomic E-state index is -3.20. The number of anilines is 1. The Bertz CT molecular complexity index is 536. The Kier molecular flexibility index (Phi) is 5.05. The molecule has 2 unspecified atom stereocenters. The van der Waals surface area contributed by atoms with E-state index in [-0.39, 0.29) is 11.8 Å². The van der Waals surface area contributed by atoms with Crippen molar-refractivity contribution in [2.24, 2.45) is 5.92 Å². The smallest absolute Gasteiger partial charge is 0.180 e. The zero-order valence-corrected chi connectivity index (χ0v) is 12.9. The van der Waals surface area contributed by atoms with Crippen LogP contribution in [-0.4, -0.2) is 33.4 Å². The highest BCUT2D eigenvalue weighted by Gasteiger charge is 2.24. The zero-order chi connectivity index (χ0) is 14.6. The molecule has 0 aromatic heterocycles. The van der Waals surface area contributed by atoms with Crippen LogP contribution in [0.25, 0.3) is 0 Å². The molecule has 1 heterocycles. The number of para-hydroxylation sites is 1. The van der Waals surface area contributed by atoms with Crippen molar-refractivity contribution in [3.05, 3.63) is 24.3 Å². The van der Waals surface area contributed by atoms with Crippen molar-refractivity contribution in [1.29, 1.82) is 0 Å². The number of rotatable bonds is 6. The average molecular weight is 297 g/mol. The molecule has 1 aromatic carbocycles. The van der Waals surface area contributed by atoms with Crippen LogP contribution in [-0.2, 0) is 14.6 Å². The molecule has 1 N–H and O–H groups in total. The first kappa shape index (κ1) is 15.3. The zero-order valence-electron chi connectivity index (χ0n) is 12.1. The molecular weight excluding hydrogens is 274 g/mol. The fourth-order valence-corrected chi connectivity index (χ4v) is 4.05. The number of sulfone groups is 1. The van der Waals surface area contributed by atoms with E-state index in [1.807, 2.05) is 19.1 Å². The maximum atomic E-state index is 12.3. The van der Waals surface area contributed by atoms with Gasteiger partial charge in [-0.25, -0.2) is 8.42 Å². The van der Waals surface area contributed by atoms with E-state index in [2.05, 4.69) is 12.2 Å². The second-order valence-corrected chi connectivity index (χ2v) is 7.45. The van der Waals surface area contributed by atoms with Gasteiger partial charge in [0.25, 0.3) is 0 Å². The van der Waals surface area contributed by atoms with Crippen molar-refractivity contribution in [3.8, 4) is 0 Å². The van der Waals surface area contributed by atoms with Crippen molar-refractivity contribution < 1.29 is 13.2 Å². The van der Waals surface area contributed by atoms with E-state index in [4.69, 9.17) is 4.74 Å². The lowest BCUT2D eigenvalue weighted by atomic mass is 10.0. The van der Waals surface area contributed by atoms with Gasteiger partial charge in [0.15, 0.2) is 9.84 Å². The fraction of sp³-hybridized carbons (Fsp3) is 0.600. The van der Waals surface area contributed by atoms with Crippen LogP contribution in [0.1, 0.15) is 26.7 Å². The van der Waals surface area contributed by atoms with Gasteiger partial charge in [0.05, 0.1) is 22.9 Å². The normalized spacial score (nSPS) is 20.8. The SMILES string of the molecule is CCCS(=O)(=O)c1ccccc1NC(C)C1CCOC1. The van der Waals surface area contributed by atoms with Gasteiger partial charge in [-0.15, -0.1) is 0 Å². The molecule has 2 atom stereocenters. The van der Waals surface area contributed by atoms with Gasteiger partial charge >= 0.3 is 0 Å². The topological polar surface area (TPSA) is 55.4 Å². The fourth-order valence-electron chi connectivity index (χ4n) is 2.55. The van der Waals surface area contributed by atoms with E-state index in [1.54, 1.807) is 12.1 Å². The molecule has 1 aromatic rings. The molecular formula is C15H23NO3S. The molecule has 0 radical (unpaired) electrons. The van der Waals surface area contributed by atoms with Gasteiger partial charge in [0, 0.05) is 18.6 Å². The summed E-state index contributed by atoms with van der Waals surface area (Å²) in [5, 5.41) is 3.36. The summed E-state index contributed by atoms with van der Waals surface area (Å²) < 4.78 is 30.0. The molecule has 112 valence electrons. The summed E-state index contributed by atoms with van der Waals surface area (Å²) >= 11 is 0. The molecule has 2 rings (SSSR count). The molecule has 1 aliphatic rings. The number of benzene rings is 1. The van der Waals surface area contributed by atoms with Crippen molar-refractivity contribution in [2.75, 3.05) is 24.3 Å². The summed E-state index contributed by atoms with van der Waals surface area (Å²) in [6, 6.07) is 7.37. The molecule has 1 aliphatic heterocycles. The van der Waals surface area contributed by atoms with Gasteiger partial charge < -0.3 is 10.1 Å². The van der Waals surface area contributed by atoms with E-state index in [0.29, 0.717) is 22.9 Å². The Morgan fingerprint density at radius 2 is 2.15 bits per heavy atom. The molecule has 5 heteroatoms. The highest BCUT2D eigenvalue weighted by molar-refractivity contribution is 7.91. The Balaban J connectivity index is 2.19. The van der Waals surface area contributed by atoms with E-state index in [9.17, 15) is 8.42 Å². The van der Waals surface area contributed by atoms with Gasteiger partial charge in [-0.05, 0) is 31.9 Å². The second kappa shape index (κ2) is 6.59. The lowest BCUT2D eigenvalue weighted by Gasteiger charge is -2.22. The number of nitrogens with one attached hydrogen (secondary N) is 1. The molecule has 1 fully saturated rings. The van der Waals surface area contributed by atoms with Crippen LogP contribution in [0.3, 0.4) is 0 Å². The minimum absolute atomic E-state index is 0.187. The Morgan fingerprint density at radius 1 is 1.40 bits per heavy atom. The Hall–Kier alpha value is -1.07. The van der Waals surface area contributed by atoms with Gasteiger partial charge in [-0.1, -0.05) is 19.1 Å². The Morgan fingerprint density at radius 3 is 2.80 bits per heavy atom. The van der Waals surface area contributed by atoms with Crippen LogP contribution in [0.5, 0.6) is 0 Å². The van der Waals surface area contributed by atoms with E-state index in [1.165, 1.54) is 0 Å². The molecule has 0 saturated carbocycles. The van der Waals surface area contributed by atoms with Gasteiger partial charge in [0.2, 0.25) is 0 Å². The van der Waals surface area contributed by atoms with Crippen LogP contribution in [0.4, 0.5) is 5.69 Å². The van der Waals surface area contributed by atoms with Crippen molar-refractivity contribution >= 4 is 15.5 Å². The minimum Gasteiger partial charge on any atom is -0.381 e. The van der Waals surface area contributed by atoms with Gasteiger partial charge in [0.1, 0.15) is 0 Å². The third-order valence-electron chi connectivity index (χ3n) is 3.75. The van der Waals surface area contributed by atoms with Crippen LogP contribution in [0.2, 0.25) is 0 Å². The predicted octanol–water partition coefficient (Wildman–Crippen LogP) is 2.71. The average Bonchev–Trinajstić information content (AvgIpc) is 2.93. The first-order valence-electron chi connectivity index (χ1n) is 7.20. The lowest BCUT2D eigenvalue weighted by Crippen LogP contribution is -2.27. The summed E-state index contributed by atoms with van der Waals surface area (Å²) in [5.74, 6) is 0.629. The summed E-state index contributed by atoms with van der Waals surface area (Å²) in [6.45, 7) is 5.51. The largest absolute Gasteiger partial charge is 0.381 e. The first-order valence-corrected chi connectivity index (χ1v) is 8.86. The quantitative estimate of drug-likeness (QED) is 0.877. The summed E-state index contributed by atoms with van der Waals surface area (Å²) in [5.41, 5.74) is 0.709. The number of ether oxygens (including phenoxy) is 1. The highest BCUT2D eigenvalue weighted by atomic mass is 32.2. The van der Waals surface area contributed by atoms with Crippen LogP contribution in [0, 0.1) is 5.92 Å². The van der Waals surface area contributed by atoms with Gasteiger partial charge in [-0.3, -0.25) is 0 Å². The summed E-state index contributed by atoms with van der Waals surface area (Å²) in [7, 11) is -3.20. The maximum absolute atomic E-state index is 12.3. The Labute approximate surface area is 121 Å². The van der Waals surface area contributed by atoms with Crippen molar-refractivity contribution in [2.45, 2.75) is 37.6 Å². The van der Waals surface area contributed by atoms with E-state index in [0.717, 1.165) is 19.6 Å². The summed E-state index contributed by atoms with van der Waals surface area (Å²) in [6.07, 6.45) is 1.65. The molecule has 0 amide bonds. The number of hydrogen-bond acceptors (Lipinski definition) is 4. The van der Waals surface area contributed by atoms with E-state index < -0.39 is 9.84 Å². The first-order chi connectivity index (χ1) is 9.54. The highest BCUT2D eigenvalue weighted by Crippen LogP contribution is 2.26. The standard InChI is InChI=1S/C15H23NO3S/c1-3-10-20(17,18)15-7-5-4-6-14(15)16-12(2)13-8-9-19-11-13/h4-7,12-13,16H,3,8-11H2,1-2H3. The molecule has 20 heavy (non-hydrogen) atoms. The van der Waals surface area contributed by atoms with Crippen LogP contribution in [0.15, 0.2) is 29.2 Å². The molecule has 1 saturated heterocycles.